The molecule has 2 unspecified atom stereocenters. The van der Waals surface area contributed by atoms with Gasteiger partial charge < -0.3 is 0 Å². The van der Waals surface area contributed by atoms with Crippen molar-refractivity contribution in [3.8, 4) is 0 Å². The first-order valence-corrected chi connectivity index (χ1v) is 8.58. The van der Waals surface area contributed by atoms with E-state index >= 15 is 0 Å². The van der Waals surface area contributed by atoms with Crippen LogP contribution in [0.25, 0.3) is 0 Å². The van der Waals surface area contributed by atoms with Gasteiger partial charge in [-0.25, -0.2) is 0 Å². The number of carbonyl (C=O) groups excluding carboxylic acids is 1. The maximum absolute atomic E-state index is 11.8. The molecular weight excluding hydrogens is 309 g/mol. The number of hydrogen-bond acceptors (Lipinski definition) is 3. The average molecular weight is 331 g/mol. The van der Waals surface area contributed by atoms with E-state index in [1.165, 1.54) is 4.90 Å². The molecule has 1 saturated heterocycles. The molecule has 1 heterocycles. The van der Waals surface area contributed by atoms with E-state index in [2.05, 4.69) is 0 Å². The molecule has 108 valence electrons. The summed E-state index contributed by atoms with van der Waals surface area (Å²) in [7, 11) is 0. The maximum atomic E-state index is 11.8. The molecule has 0 bridgehead atoms. The van der Waals surface area contributed by atoms with Gasteiger partial charge in [-0.05, 0) is 0 Å². The van der Waals surface area contributed by atoms with E-state index in [1.54, 1.807) is 0 Å². The molecule has 5 nitrogen and oxygen atoms in total. The number of piperidine rings is 1. The van der Waals surface area contributed by atoms with Crippen LogP contribution in [-0.4, -0.2) is 55.3 Å². The Hall–Kier alpha value is -0.962. The second kappa shape index (κ2) is 6.46. The van der Waals surface area contributed by atoms with Crippen molar-refractivity contribution < 1.29 is 19.4 Å². The van der Waals surface area contributed by atoms with Crippen LogP contribution in [0, 0.1) is 0 Å². The van der Waals surface area contributed by atoms with Crippen molar-refractivity contribution in [2.75, 3.05) is 13.1 Å². The topological polar surface area (TPSA) is 66.8 Å². The SMILES string of the molecule is C/C=C1\CC([AsH]C(=O)OC(C)(C)C)CN(C(=O)O)C1. The number of allylic oxidation sites excluding steroid dienone is 1. The molecule has 0 aromatic rings. The molecule has 0 saturated carbocycles. The third-order valence-corrected chi connectivity index (χ3v) is 5.12. The van der Waals surface area contributed by atoms with Crippen LogP contribution < -0.4 is 0 Å². The Balaban J connectivity index is 2.62. The number of ether oxygens (including phenoxy) is 1. The average Bonchev–Trinajstić information content (AvgIpc) is 2.25. The molecule has 6 heteroatoms. The van der Waals surface area contributed by atoms with Gasteiger partial charge >= 0.3 is 120 Å². The Morgan fingerprint density at radius 2 is 2.11 bits per heavy atom. The number of amides is 1. The van der Waals surface area contributed by atoms with Crippen LogP contribution in [0.2, 0.25) is 4.71 Å². The number of carbonyl (C=O) groups is 2. The predicted octanol–water partition coefficient (Wildman–Crippen LogP) is 2.48. The van der Waals surface area contributed by atoms with Gasteiger partial charge in [0.1, 0.15) is 0 Å². The first-order chi connectivity index (χ1) is 8.71. The van der Waals surface area contributed by atoms with Gasteiger partial charge in [-0.2, -0.15) is 0 Å². The number of hydrogen-bond donors (Lipinski definition) is 1. The van der Waals surface area contributed by atoms with E-state index in [-0.39, 0.29) is 9.46 Å². The molecule has 0 radical (unpaired) electrons. The predicted molar refractivity (Wildman–Crippen MR) is 75.1 cm³/mol. The number of carboxylic acid groups (broad SMARTS) is 1. The summed E-state index contributed by atoms with van der Waals surface area (Å²) in [5.74, 6) is 0. The van der Waals surface area contributed by atoms with Crippen LogP contribution >= 0.6 is 0 Å². The molecule has 1 aliphatic rings. The standard InChI is InChI=1S/C13H22AsNO4/c1-5-9-6-10(8-15(7-9)12(17)18)14-11(16)19-13(2,3)4/h5,10,14H,6-8H2,1-4H3,(H,17,18)/b9-5+. The van der Waals surface area contributed by atoms with Gasteiger partial charge in [-0.3, -0.25) is 0 Å². The van der Waals surface area contributed by atoms with Crippen molar-refractivity contribution in [3.63, 3.8) is 0 Å². The van der Waals surface area contributed by atoms with Crippen molar-refractivity contribution in [1.82, 2.24) is 4.90 Å². The second-order valence-electron chi connectivity index (χ2n) is 5.66. The van der Waals surface area contributed by atoms with Gasteiger partial charge in [0, 0.05) is 0 Å². The van der Waals surface area contributed by atoms with Crippen LogP contribution in [0.15, 0.2) is 11.6 Å². The molecule has 19 heavy (non-hydrogen) atoms. The summed E-state index contributed by atoms with van der Waals surface area (Å²) in [4.78, 5) is 24.3. The molecule has 2 atom stereocenters. The zero-order valence-corrected chi connectivity index (χ0v) is 14.0. The van der Waals surface area contributed by atoms with Gasteiger partial charge in [0.2, 0.25) is 0 Å². The second-order valence-corrected chi connectivity index (χ2v) is 8.83. The molecule has 1 N–H and O–H groups in total. The van der Waals surface area contributed by atoms with Gasteiger partial charge in [-0.1, -0.05) is 0 Å². The number of rotatable bonds is 2. The Kier molecular flexibility index (Phi) is 5.48. The molecule has 1 rings (SSSR count). The zero-order valence-electron chi connectivity index (χ0n) is 11.9. The first kappa shape index (κ1) is 16.1. The zero-order chi connectivity index (χ0) is 14.6. The molecule has 0 aliphatic carbocycles. The first-order valence-electron chi connectivity index (χ1n) is 6.32. The molecular formula is C13H22AsNO4. The van der Waals surface area contributed by atoms with E-state index in [1.807, 2.05) is 33.8 Å². The van der Waals surface area contributed by atoms with Gasteiger partial charge in [-0.15, -0.1) is 0 Å². The van der Waals surface area contributed by atoms with Gasteiger partial charge in [0.25, 0.3) is 0 Å². The Labute approximate surface area is 120 Å². The van der Waals surface area contributed by atoms with Crippen molar-refractivity contribution in [1.29, 1.82) is 0 Å². The summed E-state index contributed by atoms with van der Waals surface area (Å²) in [6.07, 6.45) is 1.85. The molecule has 1 fully saturated rings. The van der Waals surface area contributed by atoms with Crippen molar-refractivity contribution in [3.05, 3.63) is 11.6 Å². The van der Waals surface area contributed by atoms with Crippen LogP contribution in [0.5, 0.6) is 0 Å². The third-order valence-electron chi connectivity index (χ3n) is 2.74. The van der Waals surface area contributed by atoms with Crippen LogP contribution in [0.1, 0.15) is 34.1 Å². The summed E-state index contributed by atoms with van der Waals surface area (Å²) < 4.78 is 5.33. The minimum atomic E-state index is -0.965. The Bertz CT molecular complexity index is 387. The molecule has 1 aliphatic heterocycles. The quantitative estimate of drug-likeness (QED) is 0.624. The normalized spacial score (nSPS) is 23.1. The van der Waals surface area contributed by atoms with Crippen molar-refractivity contribution in [2.45, 2.75) is 44.4 Å². The summed E-state index contributed by atoms with van der Waals surface area (Å²) in [5.41, 5.74) is 0.622. The van der Waals surface area contributed by atoms with Crippen molar-refractivity contribution >= 4 is 26.6 Å². The molecule has 0 aromatic heterocycles. The Morgan fingerprint density at radius 3 is 2.58 bits per heavy atom. The van der Waals surface area contributed by atoms with E-state index in [0.29, 0.717) is 13.1 Å². The fourth-order valence-electron chi connectivity index (χ4n) is 1.95. The van der Waals surface area contributed by atoms with E-state index in [0.717, 1.165) is 12.0 Å². The van der Waals surface area contributed by atoms with E-state index in [9.17, 15) is 9.59 Å². The fourth-order valence-corrected chi connectivity index (χ4v) is 4.83. The summed E-state index contributed by atoms with van der Waals surface area (Å²) in [5, 5.41) is 9.09. The van der Waals surface area contributed by atoms with Gasteiger partial charge in [0.15, 0.2) is 0 Å². The number of likely N-dealkylation sites (tertiary alicyclic amines) is 1. The van der Waals surface area contributed by atoms with E-state index in [4.69, 9.17) is 9.84 Å². The molecule has 1 amide bonds. The van der Waals surface area contributed by atoms with Crippen LogP contribution in [0.3, 0.4) is 0 Å². The van der Waals surface area contributed by atoms with Crippen molar-refractivity contribution in [2.24, 2.45) is 0 Å². The summed E-state index contributed by atoms with van der Waals surface area (Å²) in [6, 6.07) is 0. The third kappa shape index (κ3) is 5.68. The number of nitrogens with zero attached hydrogens (tertiary/aromatic N) is 1. The molecule has 0 aromatic carbocycles. The van der Waals surface area contributed by atoms with Crippen LogP contribution in [0.4, 0.5) is 9.59 Å². The Morgan fingerprint density at radius 1 is 1.47 bits per heavy atom. The summed E-state index contributed by atoms with van der Waals surface area (Å²) in [6.45, 7) is 8.36. The summed E-state index contributed by atoms with van der Waals surface area (Å²) >= 11 is -0.965. The molecule has 0 spiro atoms. The fraction of sp³-hybridized carbons (Fsp3) is 0.692. The minimum absolute atomic E-state index is 0.130. The van der Waals surface area contributed by atoms with E-state index < -0.39 is 27.4 Å². The van der Waals surface area contributed by atoms with Crippen LogP contribution in [-0.2, 0) is 4.74 Å². The van der Waals surface area contributed by atoms with Gasteiger partial charge in [0.05, 0.1) is 0 Å². The monoisotopic (exact) mass is 331 g/mol.